The number of aromatic carboxylic acids is 2. The van der Waals surface area contributed by atoms with Crippen LogP contribution >= 0.6 is 11.8 Å². The average molecular weight is 536 g/mol. The lowest BCUT2D eigenvalue weighted by Gasteiger charge is -2.14. The van der Waals surface area contributed by atoms with Gasteiger partial charge in [-0.05, 0) is 49.4 Å². The molecule has 0 aliphatic rings. The quantitative estimate of drug-likeness (QED) is 0.181. The fourth-order valence-electron chi connectivity index (χ4n) is 3.03. The van der Waals surface area contributed by atoms with E-state index < -0.39 is 63.5 Å². The van der Waals surface area contributed by atoms with Gasteiger partial charge >= 0.3 is 11.9 Å². The Morgan fingerprint density at radius 1 is 0.784 bits per heavy atom. The van der Waals surface area contributed by atoms with Gasteiger partial charge in [-0.3, -0.25) is 9.59 Å². The van der Waals surface area contributed by atoms with E-state index in [9.17, 15) is 41.8 Å². The van der Waals surface area contributed by atoms with Crippen molar-refractivity contribution in [2.24, 2.45) is 0 Å². The molecule has 0 radical (unpaired) electrons. The summed E-state index contributed by atoms with van der Waals surface area (Å²) in [7, 11) is 0. The molecule has 0 aliphatic carbocycles. The molecule has 0 fully saturated rings. The number of carboxylic acid groups (broad SMARTS) is 2. The van der Waals surface area contributed by atoms with Gasteiger partial charge in [-0.2, -0.15) is 0 Å². The minimum atomic E-state index is -1.74. The van der Waals surface area contributed by atoms with Crippen LogP contribution in [0.1, 0.15) is 38.0 Å². The van der Waals surface area contributed by atoms with Gasteiger partial charge in [-0.25, -0.2) is 27.2 Å². The Balaban J connectivity index is 1.68. The number of carboxylic acids is 2. The summed E-state index contributed by atoms with van der Waals surface area (Å²) in [6.07, 6.45) is 0. The number of halogens is 4. The van der Waals surface area contributed by atoms with Gasteiger partial charge in [0.1, 0.15) is 5.69 Å². The highest BCUT2D eigenvalue weighted by Crippen LogP contribution is 2.28. The minimum absolute atomic E-state index is 0.0202. The van der Waals surface area contributed by atoms with Crippen LogP contribution in [-0.4, -0.2) is 39.2 Å². The summed E-state index contributed by atoms with van der Waals surface area (Å²) in [4.78, 5) is 47.9. The zero-order valence-corrected chi connectivity index (χ0v) is 19.5. The molecule has 3 rings (SSSR count). The summed E-state index contributed by atoms with van der Waals surface area (Å²) in [5.74, 6) is -11.4. The fourth-order valence-corrected chi connectivity index (χ4v) is 3.90. The van der Waals surface area contributed by atoms with Crippen molar-refractivity contribution in [3.05, 3.63) is 88.5 Å². The molecule has 2 amide bonds. The molecule has 1 atom stereocenters. The zero-order valence-electron chi connectivity index (χ0n) is 18.6. The highest BCUT2D eigenvalue weighted by Gasteiger charge is 2.24. The summed E-state index contributed by atoms with van der Waals surface area (Å²) >= 11 is 0.935. The molecule has 0 spiro atoms. The van der Waals surface area contributed by atoms with Crippen molar-refractivity contribution in [2.45, 2.75) is 17.1 Å². The Morgan fingerprint density at radius 2 is 1.38 bits per heavy atom. The lowest BCUT2D eigenvalue weighted by molar-refractivity contribution is -0.115. The summed E-state index contributed by atoms with van der Waals surface area (Å²) < 4.78 is 54.3. The number of benzene rings is 3. The number of thioether (sulfide) groups is 1. The maximum absolute atomic E-state index is 13.8. The Labute approximate surface area is 210 Å². The number of carbonyl (C=O) groups excluding carboxylic acids is 2. The van der Waals surface area contributed by atoms with Crippen LogP contribution in [0.4, 0.5) is 28.9 Å². The van der Waals surface area contributed by atoms with Gasteiger partial charge in [-0.1, -0.05) is 0 Å². The van der Waals surface area contributed by atoms with Gasteiger partial charge in [0.15, 0.2) is 23.3 Å². The second-order valence-corrected chi connectivity index (χ2v) is 8.86. The highest BCUT2D eigenvalue weighted by atomic mass is 32.2. The number of anilines is 2. The molecule has 0 saturated carbocycles. The number of carbonyl (C=O) groups is 4. The predicted molar refractivity (Wildman–Crippen MR) is 125 cm³/mol. The average Bonchev–Trinajstić information content (AvgIpc) is 2.85. The largest absolute Gasteiger partial charge is 0.478 e. The Kier molecular flexibility index (Phi) is 8.17. The molecule has 0 heterocycles. The predicted octanol–water partition coefficient (Wildman–Crippen LogP) is 5.01. The minimum Gasteiger partial charge on any atom is -0.478 e. The van der Waals surface area contributed by atoms with Crippen molar-refractivity contribution in [2.75, 3.05) is 10.6 Å². The first-order valence-electron chi connectivity index (χ1n) is 10.2. The van der Waals surface area contributed by atoms with Crippen LogP contribution < -0.4 is 10.6 Å². The van der Waals surface area contributed by atoms with Crippen LogP contribution in [0.25, 0.3) is 0 Å². The van der Waals surface area contributed by atoms with Gasteiger partial charge in [0, 0.05) is 16.6 Å². The molecule has 0 saturated heterocycles. The number of rotatable bonds is 8. The number of hydrogen-bond donors (Lipinski definition) is 4. The third kappa shape index (κ3) is 6.25. The molecule has 1 unspecified atom stereocenters. The van der Waals surface area contributed by atoms with Crippen molar-refractivity contribution < 1.29 is 47.0 Å². The van der Waals surface area contributed by atoms with Crippen LogP contribution in [-0.2, 0) is 4.79 Å². The Hall–Kier alpha value is -4.39. The molecular weight excluding hydrogens is 520 g/mol. The lowest BCUT2D eigenvalue weighted by atomic mass is 10.0. The van der Waals surface area contributed by atoms with Gasteiger partial charge in [0.25, 0.3) is 5.91 Å². The monoisotopic (exact) mass is 536 g/mol. The van der Waals surface area contributed by atoms with Crippen LogP contribution in [0.5, 0.6) is 0 Å². The van der Waals surface area contributed by atoms with Crippen molar-refractivity contribution in [3.8, 4) is 0 Å². The van der Waals surface area contributed by atoms with Crippen LogP contribution in [0.2, 0.25) is 0 Å². The maximum Gasteiger partial charge on any atom is 0.336 e. The zero-order chi connectivity index (χ0) is 27.4. The van der Waals surface area contributed by atoms with Gasteiger partial charge in [0.05, 0.1) is 21.9 Å². The molecule has 8 nitrogen and oxygen atoms in total. The summed E-state index contributed by atoms with van der Waals surface area (Å²) in [5.41, 5.74) is -2.08. The number of nitrogens with one attached hydrogen (secondary N) is 2. The van der Waals surface area contributed by atoms with E-state index in [1.165, 1.54) is 31.2 Å². The van der Waals surface area contributed by atoms with Crippen LogP contribution in [0.15, 0.2) is 53.4 Å². The third-order valence-corrected chi connectivity index (χ3v) is 6.01. The standard InChI is InChI=1S/C24H16F4N2O6S/c1-10(21(31)30-20-18(27)16(25)9-17(26)19(20)28)37-13-5-3-12(4-6-13)29-22(32)14-7-2-11(23(33)34)8-15(14)24(35)36/h2-10H,1H3,(H,29,32)(H,30,31)(H,33,34)(H,35,36). The second-order valence-electron chi connectivity index (χ2n) is 7.44. The fraction of sp³-hybridized carbons (Fsp3) is 0.0833. The number of hydrogen-bond acceptors (Lipinski definition) is 5. The van der Waals surface area contributed by atoms with Crippen molar-refractivity contribution >= 4 is 46.9 Å². The number of amides is 2. The molecule has 13 heteroatoms. The normalized spacial score (nSPS) is 11.5. The Morgan fingerprint density at radius 3 is 1.92 bits per heavy atom. The summed E-state index contributed by atoms with van der Waals surface area (Å²) in [6.45, 7) is 1.38. The van der Waals surface area contributed by atoms with E-state index in [0.29, 0.717) is 4.90 Å². The van der Waals surface area contributed by atoms with E-state index in [-0.39, 0.29) is 22.9 Å². The smallest absolute Gasteiger partial charge is 0.336 e. The first-order valence-corrected chi connectivity index (χ1v) is 11.1. The van der Waals surface area contributed by atoms with Gasteiger partial charge in [-0.15, -0.1) is 11.8 Å². The first-order chi connectivity index (χ1) is 17.4. The van der Waals surface area contributed by atoms with Gasteiger partial charge in [0.2, 0.25) is 5.91 Å². The topological polar surface area (TPSA) is 133 Å². The SMILES string of the molecule is CC(Sc1ccc(NC(=O)c2ccc(C(=O)O)cc2C(=O)O)cc1)C(=O)Nc1c(F)c(F)cc(F)c1F. The molecule has 192 valence electrons. The Bertz CT molecular complexity index is 1390. The maximum atomic E-state index is 13.8. The molecule has 0 bridgehead atoms. The summed E-state index contributed by atoms with van der Waals surface area (Å²) in [5, 5.41) is 21.7. The van der Waals surface area contributed by atoms with E-state index in [1.54, 1.807) is 0 Å². The highest BCUT2D eigenvalue weighted by molar-refractivity contribution is 8.00. The van der Waals surface area contributed by atoms with E-state index >= 15 is 0 Å². The molecule has 3 aromatic rings. The first kappa shape index (κ1) is 27.2. The molecule has 0 aliphatic heterocycles. The lowest BCUT2D eigenvalue weighted by Crippen LogP contribution is -2.24. The van der Waals surface area contributed by atoms with E-state index in [1.807, 2.05) is 5.32 Å². The van der Waals surface area contributed by atoms with Crippen LogP contribution in [0.3, 0.4) is 0 Å². The third-order valence-electron chi connectivity index (χ3n) is 4.90. The van der Waals surface area contributed by atoms with E-state index in [2.05, 4.69) is 5.32 Å². The van der Waals surface area contributed by atoms with Crippen LogP contribution in [0, 0.1) is 23.3 Å². The molecule has 3 aromatic carbocycles. The van der Waals surface area contributed by atoms with Crippen molar-refractivity contribution in [1.29, 1.82) is 0 Å². The molecule has 0 aromatic heterocycles. The van der Waals surface area contributed by atoms with E-state index in [0.717, 1.165) is 30.0 Å². The van der Waals surface area contributed by atoms with Gasteiger partial charge < -0.3 is 20.8 Å². The summed E-state index contributed by atoms with van der Waals surface area (Å²) in [6, 6.07) is 8.87. The molecule has 37 heavy (non-hydrogen) atoms. The van der Waals surface area contributed by atoms with Crippen molar-refractivity contribution in [1.82, 2.24) is 0 Å². The van der Waals surface area contributed by atoms with Crippen molar-refractivity contribution in [3.63, 3.8) is 0 Å². The second kappa shape index (κ2) is 11.1. The molecular formula is C24H16F4N2O6S. The molecule has 4 N–H and O–H groups in total. The van der Waals surface area contributed by atoms with E-state index in [4.69, 9.17) is 5.11 Å².